The molecule has 0 saturated carbocycles. The zero-order valence-electron chi connectivity index (χ0n) is 13.9. The van der Waals surface area contributed by atoms with E-state index >= 15 is 0 Å². The normalized spacial score (nSPS) is 17.7. The summed E-state index contributed by atoms with van der Waals surface area (Å²) < 4.78 is 5.20. The molecule has 122 valence electrons. The summed E-state index contributed by atoms with van der Waals surface area (Å²) in [5.41, 5.74) is 2.53. The zero-order valence-corrected chi connectivity index (χ0v) is 13.9. The van der Waals surface area contributed by atoms with Crippen LogP contribution in [-0.4, -0.2) is 30.8 Å². The van der Waals surface area contributed by atoms with Crippen molar-refractivity contribution >= 4 is 6.09 Å². The first-order valence-corrected chi connectivity index (χ1v) is 8.21. The molecule has 2 N–H and O–H groups in total. The van der Waals surface area contributed by atoms with Crippen LogP contribution < -0.4 is 10.6 Å². The number of aryl methyl sites for hydroxylation is 1. The number of rotatable bonds is 5. The van der Waals surface area contributed by atoms with Crippen LogP contribution in [0.3, 0.4) is 0 Å². The summed E-state index contributed by atoms with van der Waals surface area (Å²) in [7, 11) is 0. The van der Waals surface area contributed by atoms with Gasteiger partial charge in [0, 0.05) is 12.6 Å². The molecular formula is C18H28N2O2. The van der Waals surface area contributed by atoms with E-state index in [9.17, 15) is 4.79 Å². The van der Waals surface area contributed by atoms with Gasteiger partial charge in [0.25, 0.3) is 0 Å². The van der Waals surface area contributed by atoms with E-state index in [2.05, 4.69) is 34.9 Å². The Labute approximate surface area is 133 Å². The average molecular weight is 304 g/mol. The minimum atomic E-state index is -0.433. The molecule has 0 radical (unpaired) electrons. The van der Waals surface area contributed by atoms with Crippen LogP contribution in [0.15, 0.2) is 24.3 Å². The topological polar surface area (TPSA) is 50.4 Å². The number of benzene rings is 1. The third kappa shape index (κ3) is 5.68. The van der Waals surface area contributed by atoms with E-state index in [1.165, 1.54) is 17.5 Å². The first-order valence-electron chi connectivity index (χ1n) is 8.21. The number of amides is 1. The fourth-order valence-electron chi connectivity index (χ4n) is 2.77. The van der Waals surface area contributed by atoms with Crippen molar-refractivity contribution in [2.75, 3.05) is 13.1 Å². The second-order valence-electron chi connectivity index (χ2n) is 6.94. The second-order valence-corrected chi connectivity index (χ2v) is 6.94. The number of hydrogen-bond acceptors (Lipinski definition) is 3. The van der Waals surface area contributed by atoms with Crippen LogP contribution in [0.1, 0.15) is 44.7 Å². The minimum absolute atomic E-state index is 0.334. The van der Waals surface area contributed by atoms with Gasteiger partial charge in [0.15, 0.2) is 0 Å². The van der Waals surface area contributed by atoms with Crippen LogP contribution in [0.2, 0.25) is 0 Å². The van der Waals surface area contributed by atoms with E-state index in [4.69, 9.17) is 4.74 Å². The van der Waals surface area contributed by atoms with Crippen molar-refractivity contribution in [2.24, 2.45) is 0 Å². The molecule has 1 aromatic carbocycles. The van der Waals surface area contributed by atoms with Gasteiger partial charge in [-0.3, -0.25) is 0 Å². The fourth-order valence-corrected chi connectivity index (χ4v) is 2.77. The molecular weight excluding hydrogens is 276 g/mol. The monoisotopic (exact) mass is 304 g/mol. The highest BCUT2D eigenvalue weighted by Gasteiger charge is 2.17. The lowest BCUT2D eigenvalue weighted by atomic mass is 9.88. The molecule has 0 aliphatic heterocycles. The fraction of sp³-hybridized carbons (Fsp3) is 0.611. The maximum absolute atomic E-state index is 11.5. The largest absolute Gasteiger partial charge is 0.444 e. The molecule has 0 saturated heterocycles. The highest BCUT2D eigenvalue weighted by atomic mass is 16.6. The Morgan fingerprint density at radius 3 is 2.68 bits per heavy atom. The first-order chi connectivity index (χ1) is 10.4. The summed E-state index contributed by atoms with van der Waals surface area (Å²) in [4.78, 5) is 11.5. The van der Waals surface area contributed by atoms with Gasteiger partial charge in [-0.05, 0) is 64.1 Å². The summed E-state index contributed by atoms with van der Waals surface area (Å²) >= 11 is 0. The first kappa shape index (κ1) is 16.8. The summed E-state index contributed by atoms with van der Waals surface area (Å²) in [6.07, 6.45) is 4.03. The number of carbonyl (C=O) groups excluding carboxylic acids is 1. The Bertz CT molecular complexity index is 494. The quantitative estimate of drug-likeness (QED) is 0.822. The van der Waals surface area contributed by atoms with E-state index in [0.717, 1.165) is 25.8 Å². The van der Waals surface area contributed by atoms with Crippen LogP contribution in [0.5, 0.6) is 0 Å². The summed E-state index contributed by atoms with van der Waals surface area (Å²) in [6.45, 7) is 7.17. The van der Waals surface area contributed by atoms with Crippen LogP contribution >= 0.6 is 0 Å². The number of alkyl carbamates (subject to hydrolysis) is 1. The molecule has 0 aromatic heterocycles. The predicted octanol–water partition coefficient (Wildman–Crippen LogP) is 3.05. The molecule has 0 spiro atoms. The molecule has 4 heteroatoms. The summed E-state index contributed by atoms with van der Waals surface area (Å²) in [5, 5.41) is 6.38. The van der Waals surface area contributed by atoms with Crippen molar-refractivity contribution in [3.63, 3.8) is 0 Å². The van der Waals surface area contributed by atoms with Crippen LogP contribution in [0.25, 0.3) is 0 Å². The Morgan fingerprint density at radius 1 is 1.23 bits per heavy atom. The molecule has 0 fully saturated rings. The van der Waals surface area contributed by atoms with Gasteiger partial charge in [0.2, 0.25) is 0 Å². The number of nitrogens with one attached hydrogen (secondary N) is 2. The summed E-state index contributed by atoms with van der Waals surface area (Å²) in [6, 6.07) is 9.25. The van der Waals surface area contributed by atoms with Gasteiger partial charge in [-0.2, -0.15) is 0 Å². The standard InChI is InChI=1S/C18H28N2O2/c1-18(2,3)22-17(21)20-12-6-11-19-16-10-9-14-7-4-5-8-15(14)13-16/h4-5,7-8,16,19H,6,9-13H2,1-3H3,(H,20,21). The molecule has 1 amide bonds. The van der Waals surface area contributed by atoms with E-state index in [0.29, 0.717) is 12.6 Å². The molecule has 0 bridgehead atoms. The Hall–Kier alpha value is -1.55. The van der Waals surface area contributed by atoms with Gasteiger partial charge in [-0.25, -0.2) is 4.79 Å². The van der Waals surface area contributed by atoms with Crippen molar-refractivity contribution in [1.82, 2.24) is 10.6 Å². The molecule has 1 aliphatic carbocycles. The van der Waals surface area contributed by atoms with Gasteiger partial charge >= 0.3 is 6.09 Å². The molecule has 1 aromatic rings. The second kappa shape index (κ2) is 7.63. The maximum Gasteiger partial charge on any atom is 0.407 e. The van der Waals surface area contributed by atoms with Crippen LogP contribution in [0, 0.1) is 0 Å². The number of hydrogen-bond donors (Lipinski definition) is 2. The zero-order chi connectivity index (χ0) is 16.0. The van der Waals surface area contributed by atoms with E-state index < -0.39 is 5.60 Å². The number of fused-ring (bicyclic) bond motifs is 1. The SMILES string of the molecule is CC(C)(C)OC(=O)NCCCNC1CCc2ccccc2C1. The van der Waals surface area contributed by atoms with Gasteiger partial charge in [0.1, 0.15) is 5.60 Å². The Kier molecular flexibility index (Phi) is 5.83. The molecule has 2 rings (SSSR count). The van der Waals surface area contributed by atoms with E-state index in [1.54, 1.807) is 0 Å². The molecule has 1 atom stereocenters. The molecule has 22 heavy (non-hydrogen) atoms. The molecule has 4 nitrogen and oxygen atoms in total. The third-order valence-corrected chi connectivity index (χ3v) is 3.80. The lowest BCUT2D eigenvalue weighted by Crippen LogP contribution is -2.37. The average Bonchev–Trinajstić information content (AvgIpc) is 2.45. The lowest BCUT2D eigenvalue weighted by molar-refractivity contribution is 0.0527. The number of ether oxygens (including phenoxy) is 1. The third-order valence-electron chi connectivity index (χ3n) is 3.80. The Morgan fingerprint density at radius 2 is 1.95 bits per heavy atom. The van der Waals surface area contributed by atoms with Gasteiger partial charge in [-0.1, -0.05) is 24.3 Å². The maximum atomic E-state index is 11.5. The number of carbonyl (C=O) groups is 1. The van der Waals surface area contributed by atoms with Crippen molar-refractivity contribution < 1.29 is 9.53 Å². The predicted molar refractivity (Wildman–Crippen MR) is 89.1 cm³/mol. The minimum Gasteiger partial charge on any atom is -0.444 e. The highest BCUT2D eigenvalue weighted by Crippen LogP contribution is 2.20. The van der Waals surface area contributed by atoms with E-state index in [-0.39, 0.29) is 6.09 Å². The van der Waals surface area contributed by atoms with Gasteiger partial charge < -0.3 is 15.4 Å². The smallest absolute Gasteiger partial charge is 0.407 e. The van der Waals surface area contributed by atoms with Gasteiger partial charge in [0.05, 0.1) is 0 Å². The highest BCUT2D eigenvalue weighted by molar-refractivity contribution is 5.67. The van der Waals surface area contributed by atoms with Crippen molar-refractivity contribution in [3.8, 4) is 0 Å². The molecule has 0 heterocycles. The Balaban J connectivity index is 1.59. The van der Waals surface area contributed by atoms with Crippen LogP contribution in [-0.2, 0) is 17.6 Å². The molecule has 1 aliphatic rings. The van der Waals surface area contributed by atoms with Crippen LogP contribution in [0.4, 0.5) is 4.79 Å². The lowest BCUT2D eigenvalue weighted by Gasteiger charge is -2.25. The van der Waals surface area contributed by atoms with Crippen molar-refractivity contribution in [2.45, 2.75) is 58.1 Å². The summed E-state index contributed by atoms with van der Waals surface area (Å²) in [5.74, 6) is 0. The van der Waals surface area contributed by atoms with Gasteiger partial charge in [-0.15, -0.1) is 0 Å². The van der Waals surface area contributed by atoms with E-state index in [1.807, 2.05) is 20.8 Å². The van der Waals surface area contributed by atoms with Crippen molar-refractivity contribution in [3.05, 3.63) is 35.4 Å². The molecule has 1 unspecified atom stereocenters. The van der Waals surface area contributed by atoms with Crippen molar-refractivity contribution in [1.29, 1.82) is 0 Å².